The molecule has 1 saturated heterocycles. The normalized spacial score (nSPS) is 26.1. The molecule has 1 aliphatic heterocycles. The largest absolute Gasteiger partial charge is 0.323 e. The zero-order chi connectivity index (χ0) is 15.2. The second-order valence-electron chi connectivity index (χ2n) is 5.87. The van der Waals surface area contributed by atoms with Crippen LogP contribution in [-0.2, 0) is 0 Å². The molecule has 0 aromatic heterocycles. The molecule has 2 rings (SSSR count). The highest BCUT2D eigenvalue weighted by Gasteiger charge is 2.43. The second-order valence-corrected chi connectivity index (χ2v) is 5.87. The van der Waals surface area contributed by atoms with Gasteiger partial charge in [-0.25, -0.2) is 0 Å². The Morgan fingerprint density at radius 3 is 2.45 bits per heavy atom. The van der Waals surface area contributed by atoms with Crippen LogP contribution >= 0.6 is 0 Å². The fourth-order valence-electron chi connectivity index (χ4n) is 3.31. The second kappa shape index (κ2) is 7.80. The van der Waals surface area contributed by atoms with Gasteiger partial charge in [0, 0.05) is 6.04 Å². The van der Waals surface area contributed by atoms with Crippen LogP contribution in [0.3, 0.4) is 0 Å². The van der Waals surface area contributed by atoms with E-state index < -0.39 is 0 Å². The maximum absolute atomic E-state index is 6.55. The highest BCUT2D eigenvalue weighted by molar-refractivity contribution is 5.40. The zero-order valence-corrected chi connectivity index (χ0v) is 13.9. The van der Waals surface area contributed by atoms with Crippen LogP contribution in [0.5, 0.6) is 0 Å². The lowest BCUT2D eigenvalue weighted by molar-refractivity contribution is 0.189. The quantitative estimate of drug-likeness (QED) is 0.749. The third-order valence-electron chi connectivity index (χ3n) is 4.69. The van der Waals surface area contributed by atoms with Crippen LogP contribution in [0, 0.1) is 5.41 Å². The molecule has 2 nitrogen and oxygen atoms in total. The minimum absolute atomic E-state index is 0.223. The number of rotatable bonds is 2. The Balaban J connectivity index is 0.000000956. The van der Waals surface area contributed by atoms with Gasteiger partial charge >= 0.3 is 0 Å². The highest BCUT2D eigenvalue weighted by atomic mass is 14.9. The molecule has 1 fully saturated rings. The Kier molecular flexibility index (Phi) is 6.70. The first-order valence-electron chi connectivity index (χ1n) is 8.06. The molecule has 2 heteroatoms. The molecule has 3 N–H and O–H groups in total. The lowest BCUT2D eigenvalue weighted by atomic mass is 9.73. The van der Waals surface area contributed by atoms with Gasteiger partial charge in [-0.15, -0.1) is 0 Å². The summed E-state index contributed by atoms with van der Waals surface area (Å²) in [5, 5.41) is 3.44. The summed E-state index contributed by atoms with van der Waals surface area (Å²) in [5.41, 5.74) is 11.0. The van der Waals surface area contributed by atoms with E-state index >= 15 is 0 Å². The first kappa shape index (κ1) is 17.2. The summed E-state index contributed by atoms with van der Waals surface area (Å²) in [6.07, 6.45) is 10.2. The molecule has 114 valence electrons. The number of piperidine rings is 1. The predicted octanol–water partition coefficient (Wildman–Crippen LogP) is 3.95. The van der Waals surface area contributed by atoms with E-state index in [1.165, 1.54) is 36.0 Å². The summed E-state index contributed by atoms with van der Waals surface area (Å²) in [4.78, 5) is 0. The van der Waals surface area contributed by atoms with Crippen molar-refractivity contribution in [2.45, 2.75) is 59.9 Å². The van der Waals surface area contributed by atoms with Crippen LogP contribution in [0.1, 0.15) is 53.9 Å². The highest BCUT2D eigenvalue weighted by Crippen LogP contribution is 2.47. The van der Waals surface area contributed by atoms with Crippen LogP contribution in [0.15, 0.2) is 34.9 Å². The number of allylic oxidation sites excluding steroid dienone is 4. The van der Waals surface area contributed by atoms with Crippen molar-refractivity contribution in [3.05, 3.63) is 34.9 Å². The Hall–Kier alpha value is -0.860. The standard InChI is InChI=1S/C16H26N2.C2H6/c1-4-12(2)5-6-14-13(3)11-16(15(14)17)7-9-18-10-8-16;1-2/h4-6,15,18H,7-11,17H2,1-3H3;1-2H3/b6-5-,12-4-;. The van der Waals surface area contributed by atoms with E-state index in [0.717, 1.165) is 13.1 Å². The van der Waals surface area contributed by atoms with E-state index in [-0.39, 0.29) is 6.04 Å². The average molecular weight is 276 g/mol. The summed E-state index contributed by atoms with van der Waals surface area (Å²) in [6.45, 7) is 12.7. The molecule has 1 heterocycles. The maximum Gasteiger partial charge on any atom is 0.0355 e. The van der Waals surface area contributed by atoms with Gasteiger partial charge in [0.2, 0.25) is 0 Å². The Morgan fingerprint density at radius 1 is 1.30 bits per heavy atom. The van der Waals surface area contributed by atoms with Gasteiger partial charge in [-0.05, 0) is 64.1 Å². The summed E-state index contributed by atoms with van der Waals surface area (Å²) < 4.78 is 0. The van der Waals surface area contributed by atoms with Gasteiger partial charge in [-0.1, -0.05) is 43.2 Å². The molecule has 0 aromatic carbocycles. The Morgan fingerprint density at radius 2 is 1.90 bits per heavy atom. The monoisotopic (exact) mass is 276 g/mol. The number of hydrogen-bond donors (Lipinski definition) is 2. The van der Waals surface area contributed by atoms with Gasteiger partial charge in [-0.2, -0.15) is 0 Å². The van der Waals surface area contributed by atoms with Crippen molar-refractivity contribution in [1.29, 1.82) is 0 Å². The molecule has 1 spiro atoms. The lowest BCUT2D eigenvalue weighted by Gasteiger charge is -2.38. The molecule has 0 aromatic rings. The smallest absolute Gasteiger partial charge is 0.0355 e. The van der Waals surface area contributed by atoms with E-state index in [1.54, 1.807) is 0 Å². The molecular formula is C18H32N2. The number of hydrogen-bond acceptors (Lipinski definition) is 2. The van der Waals surface area contributed by atoms with Crippen LogP contribution in [-0.4, -0.2) is 19.1 Å². The Labute approximate surface area is 125 Å². The molecule has 0 saturated carbocycles. The van der Waals surface area contributed by atoms with Crippen molar-refractivity contribution >= 4 is 0 Å². The maximum atomic E-state index is 6.55. The van der Waals surface area contributed by atoms with E-state index in [4.69, 9.17) is 5.73 Å². The van der Waals surface area contributed by atoms with E-state index in [1.807, 2.05) is 13.8 Å². The number of nitrogens with one attached hydrogen (secondary N) is 1. The molecule has 2 aliphatic rings. The van der Waals surface area contributed by atoms with E-state index in [9.17, 15) is 0 Å². The molecule has 1 atom stereocenters. The van der Waals surface area contributed by atoms with Crippen LogP contribution < -0.4 is 11.1 Å². The summed E-state index contributed by atoms with van der Waals surface area (Å²) >= 11 is 0. The first-order valence-corrected chi connectivity index (χ1v) is 8.06. The molecule has 0 bridgehead atoms. The zero-order valence-electron chi connectivity index (χ0n) is 13.9. The summed E-state index contributed by atoms with van der Waals surface area (Å²) in [6, 6.07) is 0.223. The van der Waals surface area contributed by atoms with E-state index in [2.05, 4.69) is 44.3 Å². The molecule has 20 heavy (non-hydrogen) atoms. The fourth-order valence-corrected chi connectivity index (χ4v) is 3.31. The van der Waals surface area contributed by atoms with E-state index in [0.29, 0.717) is 5.41 Å². The average Bonchev–Trinajstić information content (AvgIpc) is 2.70. The molecule has 1 unspecified atom stereocenters. The van der Waals surface area contributed by atoms with Crippen molar-refractivity contribution in [3.8, 4) is 0 Å². The predicted molar refractivity (Wildman–Crippen MR) is 89.7 cm³/mol. The van der Waals surface area contributed by atoms with Gasteiger partial charge in [0.25, 0.3) is 0 Å². The van der Waals surface area contributed by atoms with Crippen molar-refractivity contribution in [3.63, 3.8) is 0 Å². The third kappa shape index (κ3) is 3.62. The van der Waals surface area contributed by atoms with Crippen LogP contribution in [0.25, 0.3) is 0 Å². The van der Waals surface area contributed by atoms with Gasteiger partial charge in [0.1, 0.15) is 0 Å². The minimum Gasteiger partial charge on any atom is -0.323 e. The molecule has 1 aliphatic carbocycles. The van der Waals surface area contributed by atoms with Crippen LogP contribution in [0.2, 0.25) is 0 Å². The van der Waals surface area contributed by atoms with Crippen molar-refractivity contribution in [2.24, 2.45) is 11.1 Å². The Bertz CT molecular complexity index is 396. The van der Waals surface area contributed by atoms with Gasteiger partial charge < -0.3 is 11.1 Å². The molecular weight excluding hydrogens is 244 g/mol. The van der Waals surface area contributed by atoms with Gasteiger partial charge in [0.15, 0.2) is 0 Å². The summed E-state index contributed by atoms with van der Waals surface area (Å²) in [7, 11) is 0. The molecule has 0 radical (unpaired) electrons. The SMILES string of the molecule is C/C=C(C)\C=C/C1=C(C)CC2(CCNCC2)C1N.CC. The minimum atomic E-state index is 0.223. The molecule has 0 amide bonds. The van der Waals surface area contributed by atoms with Crippen molar-refractivity contribution < 1.29 is 0 Å². The van der Waals surface area contributed by atoms with Gasteiger partial charge in [0.05, 0.1) is 0 Å². The third-order valence-corrected chi connectivity index (χ3v) is 4.69. The summed E-state index contributed by atoms with van der Waals surface area (Å²) in [5.74, 6) is 0. The topological polar surface area (TPSA) is 38.0 Å². The fraction of sp³-hybridized carbons (Fsp3) is 0.667. The lowest BCUT2D eigenvalue weighted by Crippen LogP contribution is -2.46. The van der Waals surface area contributed by atoms with Crippen LogP contribution in [0.4, 0.5) is 0 Å². The van der Waals surface area contributed by atoms with Crippen molar-refractivity contribution in [2.75, 3.05) is 13.1 Å². The van der Waals surface area contributed by atoms with Crippen molar-refractivity contribution in [1.82, 2.24) is 5.32 Å². The first-order chi connectivity index (χ1) is 9.59. The number of nitrogens with two attached hydrogens (primary N) is 1. The van der Waals surface area contributed by atoms with Gasteiger partial charge in [-0.3, -0.25) is 0 Å².